The van der Waals surface area contributed by atoms with Crippen molar-refractivity contribution in [3.8, 4) is 22.6 Å². The summed E-state index contributed by atoms with van der Waals surface area (Å²) in [4.78, 5) is 2.89. The molecule has 7 nitrogen and oxygen atoms in total. The molecule has 0 amide bonds. The van der Waals surface area contributed by atoms with Crippen molar-refractivity contribution >= 4 is 38.8 Å². The second-order valence-electron chi connectivity index (χ2n) is 5.92. The average Bonchev–Trinajstić information content (AvgIpc) is 3.39. The lowest BCUT2D eigenvalue weighted by Crippen LogP contribution is -2.15. The maximum absolute atomic E-state index is 14.6. The van der Waals surface area contributed by atoms with Crippen molar-refractivity contribution < 1.29 is 21.9 Å². The van der Waals surface area contributed by atoms with Crippen LogP contribution in [0.1, 0.15) is 0 Å². The molecule has 30 heavy (non-hydrogen) atoms. The number of aromatic nitrogens is 3. The van der Waals surface area contributed by atoms with E-state index in [4.69, 9.17) is 16.3 Å². The normalized spacial score (nSPS) is 11.4. The fraction of sp³-hybridized carbons (Fsp3) is 0. The number of nitrogens with one attached hydrogen (secondary N) is 2. The number of nitrogens with zero attached hydrogens (tertiary/aromatic N) is 2. The van der Waals surface area contributed by atoms with E-state index in [-0.39, 0.29) is 11.6 Å². The number of sulfonamides is 1. The zero-order valence-electron chi connectivity index (χ0n) is 14.8. The van der Waals surface area contributed by atoms with Gasteiger partial charge in [0, 0.05) is 39.9 Å². The standard InChI is InChI=1S/C18H11ClF2N4O3S2/c19-11-1-2-15(12(3-11)10-6-23-24-7-10)28-16-4-14(21)17(5-13(16)20)30(26,27)25-18-8-29-9-22-18/h1-9,25H,(H,23,24). The lowest BCUT2D eigenvalue weighted by Gasteiger charge is -2.13. The first-order valence-electron chi connectivity index (χ1n) is 8.20. The maximum atomic E-state index is 14.6. The van der Waals surface area contributed by atoms with E-state index in [1.54, 1.807) is 12.3 Å². The molecule has 4 aromatic rings. The molecule has 0 saturated carbocycles. The minimum absolute atomic E-state index is 0.00560. The van der Waals surface area contributed by atoms with Crippen molar-refractivity contribution in [1.29, 1.82) is 0 Å². The molecule has 0 saturated heterocycles. The first-order valence-corrected chi connectivity index (χ1v) is 11.0. The van der Waals surface area contributed by atoms with E-state index in [0.717, 1.165) is 11.3 Å². The van der Waals surface area contributed by atoms with Gasteiger partial charge in [0.25, 0.3) is 10.0 Å². The molecule has 0 aliphatic rings. The fourth-order valence-electron chi connectivity index (χ4n) is 2.58. The van der Waals surface area contributed by atoms with Gasteiger partial charge >= 0.3 is 0 Å². The number of aromatic amines is 1. The Labute approximate surface area is 178 Å². The summed E-state index contributed by atoms with van der Waals surface area (Å²) < 4.78 is 61.6. The predicted molar refractivity (Wildman–Crippen MR) is 108 cm³/mol. The molecule has 4 rings (SSSR count). The zero-order chi connectivity index (χ0) is 21.3. The summed E-state index contributed by atoms with van der Waals surface area (Å²) in [5.74, 6) is -2.57. The monoisotopic (exact) mass is 468 g/mol. The van der Waals surface area contributed by atoms with Crippen LogP contribution in [0.4, 0.5) is 14.6 Å². The molecule has 0 bridgehead atoms. The molecule has 12 heteroatoms. The average molecular weight is 469 g/mol. The molecule has 0 unspecified atom stereocenters. The first-order chi connectivity index (χ1) is 14.3. The number of benzene rings is 2. The highest BCUT2D eigenvalue weighted by Crippen LogP contribution is 2.37. The van der Waals surface area contributed by atoms with E-state index in [1.165, 1.54) is 29.2 Å². The van der Waals surface area contributed by atoms with Crippen molar-refractivity contribution in [1.82, 2.24) is 15.2 Å². The number of hydrogen-bond acceptors (Lipinski definition) is 6. The third-order valence-corrected chi connectivity index (χ3v) is 6.11. The molecule has 2 aromatic heterocycles. The summed E-state index contributed by atoms with van der Waals surface area (Å²) in [5.41, 5.74) is 2.49. The lowest BCUT2D eigenvalue weighted by molar-refractivity contribution is 0.433. The molecule has 154 valence electrons. The van der Waals surface area contributed by atoms with Crippen LogP contribution in [0.3, 0.4) is 0 Å². The van der Waals surface area contributed by atoms with Crippen LogP contribution in [0.25, 0.3) is 11.1 Å². The van der Waals surface area contributed by atoms with Crippen molar-refractivity contribution in [3.63, 3.8) is 0 Å². The Morgan fingerprint density at radius 2 is 1.97 bits per heavy atom. The molecule has 0 aliphatic carbocycles. The van der Waals surface area contributed by atoms with Crippen LogP contribution in [0.5, 0.6) is 11.5 Å². The maximum Gasteiger partial charge on any atom is 0.266 e. The second-order valence-corrected chi connectivity index (χ2v) is 8.73. The van der Waals surface area contributed by atoms with Crippen LogP contribution in [-0.4, -0.2) is 23.6 Å². The lowest BCUT2D eigenvalue weighted by atomic mass is 10.1. The Hall–Kier alpha value is -3.02. The van der Waals surface area contributed by atoms with Crippen molar-refractivity contribution in [2.45, 2.75) is 4.90 Å². The van der Waals surface area contributed by atoms with Crippen LogP contribution in [0.2, 0.25) is 5.02 Å². The number of rotatable bonds is 6. The van der Waals surface area contributed by atoms with E-state index in [9.17, 15) is 17.2 Å². The number of thiazole rings is 1. The Morgan fingerprint density at radius 1 is 1.13 bits per heavy atom. The first kappa shape index (κ1) is 20.3. The summed E-state index contributed by atoms with van der Waals surface area (Å²) in [6, 6.07) is 5.79. The summed E-state index contributed by atoms with van der Waals surface area (Å²) in [7, 11) is -4.38. The minimum atomic E-state index is -4.38. The van der Waals surface area contributed by atoms with Gasteiger partial charge in [-0.15, -0.1) is 11.3 Å². The van der Waals surface area contributed by atoms with Crippen LogP contribution in [0, 0.1) is 11.6 Å². The van der Waals surface area contributed by atoms with Gasteiger partial charge < -0.3 is 4.74 Å². The number of H-pyrrole nitrogens is 1. The van der Waals surface area contributed by atoms with Crippen LogP contribution in [0.15, 0.2) is 58.5 Å². The van der Waals surface area contributed by atoms with Crippen LogP contribution >= 0.6 is 22.9 Å². The van der Waals surface area contributed by atoms with E-state index in [0.29, 0.717) is 28.3 Å². The molecule has 2 N–H and O–H groups in total. The van der Waals surface area contributed by atoms with Gasteiger partial charge in [-0.3, -0.25) is 9.82 Å². The van der Waals surface area contributed by atoms with Crippen LogP contribution < -0.4 is 9.46 Å². The van der Waals surface area contributed by atoms with Gasteiger partial charge in [-0.05, 0) is 18.2 Å². The predicted octanol–water partition coefficient (Wildman–Crippen LogP) is 5.06. The number of hydrogen-bond donors (Lipinski definition) is 2. The highest BCUT2D eigenvalue weighted by atomic mass is 35.5. The topological polar surface area (TPSA) is 97.0 Å². The Morgan fingerprint density at radius 3 is 2.67 bits per heavy atom. The summed E-state index contributed by atoms with van der Waals surface area (Å²) >= 11 is 7.17. The highest BCUT2D eigenvalue weighted by Gasteiger charge is 2.24. The third-order valence-electron chi connectivity index (χ3n) is 3.92. The van der Waals surface area contributed by atoms with Crippen LogP contribution in [-0.2, 0) is 10.0 Å². The molecular formula is C18H11ClF2N4O3S2. The second kappa shape index (κ2) is 8.01. The Bertz CT molecular complexity index is 1300. The van der Waals surface area contributed by atoms with Gasteiger partial charge in [-0.25, -0.2) is 22.2 Å². The van der Waals surface area contributed by atoms with Gasteiger partial charge in [0.15, 0.2) is 17.4 Å². The molecule has 2 aromatic carbocycles. The van der Waals surface area contributed by atoms with Gasteiger partial charge in [0.05, 0.1) is 11.7 Å². The van der Waals surface area contributed by atoms with E-state index < -0.39 is 32.3 Å². The Kier molecular flexibility index (Phi) is 5.41. The molecule has 0 aliphatic heterocycles. The quantitative estimate of drug-likeness (QED) is 0.412. The molecule has 0 fully saturated rings. The minimum Gasteiger partial charge on any atom is -0.454 e. The van der Waals surface area contributed by atoms with E-state index in [2.05, 4.69) is 19.9 Å². The van der Waals surface area contributed by atoms with E-state index in [1.807, 2.05) is 0 Å². The fourth-order valence-corrected chi connectivity index (χ4v) is 4.39. The van der Waals surface area contributed by atoms with Crippen molar-refractivity contribution in [3.05, 3.63) is 70.3 Å². The summed E-state index contributed by atoms with van der Waals surface area (Å²) in [6.45, 7) is 0. The third kappa shape index (κ3) is 4.13. The van der Waals surface area contributed by atoms with Gasteiger partial charge in [-0.2, -0.15) is 5.10 Å². The molecule has 0 atom stereocenters. The SMILES string of the molecule is O=S(=O)(Nc1cscn1)c1cc(F)c(Oc2ccc(Cl)cc2-c2cn[nH]c2)cc1F. The van der Waals surface area contributed by atoms with Crippen molar-refractivity contribution in [2.24, 2.45) is 0 Å². The largest absolute Gasteiger partial charge is 0.454 e. The Balaban J connectivity index is 1.69. The molecule has 0 radical (unpaired) electrons. The summed E-state index contributed by atoms with van der Waals surface area (Å²) in [6.07, 6.45) is 3.09. The van der Waals surface area contributed by atoms with E-state index >= 15 is 0 Å². The molecular weight excluding hydrogens is 458 g/mol. The summed E-state index contributed by atoms with van der Waals surface area (Å²) in [5, 5.41) is 8.30. The number of halogens is 3. The van der Waals surface area contributed by atoms with Gasteiger partial charge in [0.1, 0.15) is 16.5 Å². The highest BCUT2D eigenvalue weighted by molar-refractivity contribution is 7.92. The molecule has 2 heterocycles. The number of ether oxygens (including phenoxy) is 1. The number of anilines is 1. The van der Waals surface area contributed by atoms with Gasteiger partial charge in [-0.1, -0.05) is 11.6 Å². The van der Waals surface area contributed by atoms with Gasteiger partial charge in [0.2, 0.25) is 0 Å². The zero-order valence-corrected chi connectivity index (χ0v) is 17.2. The molecule has 0 spiro atoms. The van der Waals surface area contributed by atoms with Crippen molar-refractivity contribution in [2.75, 3.05) is 4.72 Å². The smallest absolute Gasteiger partial charge is 0.266 e.